The predicted molar refractivity (Wildman–Crippen MR) is 122 cm³/mol. The fourth-order valence-corrected chi connectivity index (χ4v) is 3.84. The number of nitrogens with one attached hydrogen (secondary N) is 3. The molecule has 0 spiro atoms. The van der Waals surface area contributed by atoms with Crippen LogP contribution in [0, 0.1) is 6.92 Å². The molecule has 3 aromatic rings. The zero-order chi connectivity index (χ0) is 22.2. The van der Waals surface area contributed by atoms with Gasteiger partial charge in [0.05, 0.1) is 25.6 Å². The zero-order valence-corrected chi connectivity index (χ0v) is 18.3. The number of para-hydroxylation sites is 3. The summed E-state index contributed by atoms with van der Waals surface area (Å²) >= 11 is 1.12. The average Bonchev–Trinajstić information content (AvgIpc) is 3.14. The van der Waals surface area contributed by atoms with Crippen LogP contribution in [0.3, 0.4) is 0 Å². The van der Waals surface area contributed by atoms with E-state index in [9.17, 15) is 9.59 Å². The highest BCUT2D eigenvalue weighted by molar-refractivity contribution is 7.17. The van der Waals surface area contributed by atoms with Gasteiger partial charge in [0, 0.05) is 6.54 Å². The molecule has 162 valence electrons. The van der Waals surface area contributed by atoms with Gasteiger partial charge in [-0.15, -0.1) is 0 Å². The number of methoxy groups -OCH3 is 2. The minimum absolute atomic E-state index is 0.233. The number of thiazole rings is 1. The Balaban J connectivity index is 1.57. The summed E-state index contributed by atoms with van der Waals surface area (Å²) in [7, 11) is 3.15. The van der Waals surface area contributed by atoms with E-state index >= 15 is 0 Å². The number of aromatic nitrogens is 1. The lowest BCUT2D eigenvalue weighted by atomic mass is 10.1. The van der Waals surface area contributed by atoms with Gasteiger partial charge < -0.3 is 20.1 Å². The Labute approximate surface area is 184 Å². The average molecular weight is 441 g/mol. The van der Waals surface area contributed by atoms with Gasteiger partial charge in [-0.1, -0.05) is 41.7 Å². The number of hydrogen-bond acceptors (Lipinski definition) is 6. The lowest BCUT2D eigenvalue weighted by Crippen LogP contribution is -2.25. The molecule has 9 heteroatoms. The topological polar surface area (TPSA) is 102 Å². The molecule has 0 aliphatic heterocycles. The van der Waals surface area contributed by atoms with Crippen LogP contribution in [0.15, 0.2) is 48.5 Å². The van der Waals surface area contributed by atoms with Gasteiger partial charge in [-0.2, -0.15) is 0 Å². The van der Waals surface area contributed by atoms with Crippen LogP contribution in [-0.4, -0.2) is 37.7 Å². The molecular formula is C22H24N4O4S. The molecule has 1 aromatic heterocycles. The SMILES string of the molecule is COc1ccccc1CCNC(=O)c1sc(NC(=O)Nc2ccccc2OC)nc1C. The fourth-order valence-electron chi connectivity index (χ4n) is 2.96. The second-order valence-corrected chi connectivity index (χ2v) is 7.53. The van der Waals surface area contributed by atoms with Gasteiger partial charge in [0.1, 0.15) is 16.4 Å². The van der Waals surface area contributed by atoms with Gasteiger partial charge in [-0.05, 0) is 37.1 Å². The molecule has 2 aromatic carbocycles. The summed E-state index contributed by atoms with van der Waals surface area (Å²) in [5.41, 5.74) is 2.10. The number of rotatable bonds is 8. The molecule has 0 saturated heterocycles. The third kappa shape index (κ3) is 5.73. The van der Waals surface area contributed by atoms with Crippen molar-refractivity contribution in [3.63, 3.8) is 0 Å². The molecule has 0 aliphatic rings. The summed E-state index contributed by atoms with van der Waals surface area (Å²) in [4.78, 5) is 29.6. The Morgan fingerprint density at radius 1 is 0.968 bits per heavy atom. The number of nitrogens with zero attached hydrogens (tertiary/aromatic N) is 1. The van der Waals surface area contributed by atoms with Crippen molar-refractivity contribution in [3.05, 3.63) is 64.7 Å². The van der Waals surface area contributed by atoms with Gasteiger partial charge in [-0.25, -0.2) is 9.78 Å². The largest absolute Gasteiger partial charge is 0.496 e. The van der Waals surface area contributed by atoms with Crippen LogP contribution < -0.4 is 25.4 Å². The Kier molecular flexibility index (Phi) is 7.45. The molecule has 31 heavy (non-hydrogen) atoms. The number of carbonyl (C=O) groups excluding carboxylic acids is 2. The Morgan fingerprint density at radius 2 is 1.65 bits per heavy atom. The fraction of sp³-hybridized carbons (Fsp3) is 0.227. The van der Waals surface area contributed by atoms with Crippen molar-refractivity contribution in [1.29, 1.82) is 0 Å². The van der Waals surface area contributed by atoms with Crippen LogP contribution in [0.25, 0.3) is 0 Å². The Hall–Kier alpha value is -3.59. The Bertz CT molecular complexity index is 1070. The van der Waals surface area contributed by atoms with Crippen LogP contribution in [0.2, 0.25) is 0 Å². The summed E-state index contributed by atoms with van der Waals surface area (Å²) in [6.45, 7) is 2.18. The summed E-state index contributed by atoms with van der Waals surface area (Å²) in [5.74, 6) is 1.10. The van der Waals surface area contributed by atoms with Gasteiger partial charge in [0.15, 0.2) is 5.13 Å². The van der Waals surface area contributed by atoms with Gasteiger partial charge >= 0.3 is 6.03 Å². The van der Waals surface area contributed by atoms with Crippen LogP contribution in [0.4, 0.5) is 15.6 Å². The number of aryl methyl sites for hydroxylation is 1. The second-order valence-electron chi connectivity index (χ2n) is 6.53. The molecule has 0 fully saturated rings. The standard InChI is InChI=1S/C22H24N4O4S/c1-14-19(20(27)23-13-12-15-8-4-6-10-17(15)29-2)31-22(24-14)26-21(28)25-16-9-5-7-11-18(16)30-3/h4-11H,12-13H2,1-3H3,(H,23,27)(H2,24,25,26,28). The summed E-state index contributed by atoms with van der Waals surface area (Å²) < 4.78 is 10.5. The van der Waals surface area contributed by atoms with E-state index in [4.69, 9.17) is 9.47 Å². The van der Waals surface area contributed by atoms with E-state index in [1.807, 2.05) is 30.3 Å². The second kappa shape index (κ2) is 10.4. The molecule has 0 unspecified atom stereocenters. The maximum atomic E-state index is 12.6. The van der Waals surface area contributed by atoms with E-state index in [0.29, 0.717) is 40.1 Å². The van der Waals surface area contributed by atoms with Crippen molar-refractivity contribution in [1.82, 2.24) is 10.3 Å². The molecular weight excluding hydrogens is 416 g/mol. The zero-order valence-electron chi connectivity index (χ0n) is 17.5. The van der Waals surface area contributed by atoms with Gasteiger partial charge in [0.2, 0.25) is 0 Å². The van der Waals surface area contributed by atoms with Crippen molar-refractivity contribution < 1.29 is 19.1 Å². The molecule has 8 nitrogen and oxygen atoms in total. The summed E-state index contributed by atoms with van der Waals surface area (Å²) in [6.07, 6.45) is 0.639. The van der Waals surface area contributed by atoms with Crippen LogP contribution in [0.1, 0.15) is 20.9 Å². The van der Waals surface area contributed by atoms with Crippen LogP contribution in [-0.2, 0) is 6.42 Å². The van der Waals surface area contributed by atoms with Crippen molar-refractivity contribution in [2.24, 2.45) is 0 Å². The van der Waals surface area contributed by atoms with Gasteiger partial charge in [-0.3, -0.25) is 10.1 Å². The number of ether oxygens (including phenoxy) is 2. The number of carbonyl (C=O) groups is 2. The first kappa shape index (κ1) is 22.1. The Morgan fingerprint density at radius 3 is 2.39 bits per heavy atom. The van der Waals surface area contributed by atoms with E-state index in [0.717, 1.165) is 22.6 Å². The highest BCUT2D eigenvalue weighted by Crippen LogP contribution is 2.25. The van der Waals surface area contributed by atoms with E-state index in [2.05, 4.69) is 20.9 Å². The monoisotopic (exact) mass is 440 g/mol. The van der Waals surface area contributed by atoms with E-state index in [-0.39, 0.29) is 5.91 Å². The minimum atomic E-state index is -0.471. The van der Waals surface area contributed by atoms with Crippen LogP contribution >= 0.6 is 11.3 Å². The maximum absolute atomic E-state index is 12.6. The van der Waals surface area contributed by atoms with Crippen molar-refractivity contribution in [2.45, 2.75) is 13.3 Å². The van der Waals surface area contributed by atoms with Crippen molar-refractivity contribution in [3.8, 4) is 11.5 Å². The highest BCUT2D eigenvalue weighted by atomic mass is 32.1. The van der Waals surface area contributed by atoms with Crippen molar-refractivity contribution in [2.75, 3.05) is 31.4 Å². The number of amides is 3. The van der Waals surface area contributed by atoms with Gasteiger partial charge in [0.25, 0.3) is 5.91 Å². The third-order valence-corrected chi connectivity index (χ3v) is 5.52. The number of anilines is 2. The van der Waals surface area contributed by atoms with E-state index in [1.54, 1.807) is 32.2 Å². The predicted octanol–water partition coefficient (Wildman–Crippen LogP) is 4.09. The third-order valence-electron chi connectivity index (χ3n) is 4.45. The van der Waals surface area contributed by atoms with Crippen molar-refractivity contribution >= 4 is 34.1 Å². The number of hydrogen-bond donors (Lipinski definition) is 3. The first-order valence-electron chi connectivity index (χ1n) is 9.60. The molecule has 0 radical (unpaired) electrons. The lowest BCUT2D eigenvalue weighted by Gasteiger charge is -2.09. The quantitative estimate of drug-likeness (QED) is 0.490. The van der Waals surface area contributed by atoms with E-state index < -0.39 is 6.03 Å². The normalized spacial score (nSPS) is 10.3. The maximum Gasteiger partial charge on any atom is 0.325 e. The van der Waals surface area contributed by atoms with Crippen LogP contribution in [0.5, 0.6) is 11.5 Å². The first-order valence-corrected chi connectivity index (χ1v) is 10.4. The first-order chi connectivity index (χ1) is 15.0. The lowest BCUT2D eigenvalue weighted by molar-refractivity contribution is 0.0957. The summed E-state index contributed by atoms with van der Waals surface area (Å²) in [5, 5.41) is 8.60. The number of benzene rings is 2. The molecule has 0 aliphatic carbocycles. The molecule has 3 N–H and O–H groups in total. The van der Waals surface area contributed by atoms with E-state index in [1.165, 1.54) is 7.11 Å². The molecule has 0 atom stereocenters. The molecule has 3 amide bonds. The molecule has 0 saturated carbocycles. The smallest absolute Gasteiger partial charge is 0.325 e. The summed E-state index contributed by atoms with van der Waals surface area (Å²) in [6, 6.07) is 14.3. The molecule has 0 bridgehead atoms. The molecule has 1 heterocycles. The minimum Gasteiger partial charge on any atom is -0.496 e. The highest BCUT2D eigenvalue weighted by Gasteiger charge is 2.17. The number of urea groups is 1. The molecule has 3 rings (SSSR count).